The quantitative estimate of drug-likeness (QED) is 0.773. The van der Waals surface area contributed by atoms with E-state index in [1.54, 1.807) is 6.92 Å². The molecule has 0 saturated heterocycles. The summed E-state index contributed by atoms with van der Waals surface area (Å²) in [6, 6.07) is 17.2. The van der Waals surface area contributed by atoms with E-state index in [0.29, 0.717) is 5.92 Å². The van der Waals surface area contributed by atoms with E-state index in [9.17, 15) is 4.79 Å². The number of carbonyl (C=O) groups is 1. The van der Waals surface area contributed by atoms with Crippen molar-refractivity contribution in [1.82, 2.24) is 0 Å². The van der Waals surface area contributed by atoms with Crippen molar-refractivity contribution in [2.45, 2.75) is 45.4 Å². The first-order valence-electron chi connectivity index (χ1n) is 8.56. The number of hydrogen-bond acceptors (Lipinski definition) is 1. The molecule has 1 aliphatic rings. The molecular formula is C21H25NO. The van der Waals surface area contributed by atoms with Crippen molar-refractivity contribution >= 4 is 11.6 Å². The van der Waals surface area contributed by atoms with Crippen LogP contribution in [0.3, 0.4) is 0 Å². The maximum atomic E-state index is 11.2. The monoisotopic (exact) mass is 307 g/mol. The average molecular weight is 307 g/mol. The smallest absolute Gasteiger partial charge is 0.221 e. The molecule has 0 heterocycles. The lowest BCUT2D eigenvalue weighted by molar-refractivity contribution is -0.114. The third-order valence-electron chi connectivity index (χ3n) is 4.64. The summed E-state index contributed by atoms with van der Waals surface area (Å²) in [6.07, 6.45) is 5.32. The van der Waals surface area contributed by atoms with E-state index in [2.05, 4.69) is 48.6 Å². The molecule has 0 spiro atoms. The molecule has 1 atom stereocenters. The number of nitrogens with one attached hydrogen (secondary N) is 1. The van der Waals surface area contributed by atoms with E-state index >= 15 is 0 Å². The topological polar surface area (TPSA) is 29.1 Å². The van der Waals surface area contributed by atoms with Gasteiger partial charge in [0.25, 0.3) is 0 Å². The Morgan fingerprint density at radius 2 is 1.87 bits per heavy atom. The van der Waals surface area contributed by atoms with Crippen LogP contribution in [-0.2, 0) is 4.79 Å². The normalized spacial score (nSPS) is 15.2. The Hall–Kier alpha value is -2.09. The Morgan fingerprint density at radius 3 is 2.48 bits per heavy atom. The molecule has 1 fully saturated rings. The molecule has 2 heteroatoms. The van der Waals surface area contributed by atoms with Crippen LogP contribution in [0.4, 0.5) is 5.69 Å². The van der Waals surface area contributed by atoms with Crippen LogP contribution in [-0.4, -0.2) is 5.91 Å². The zero-order valence-corrected chi connectivity index (χ0v) is 14.0. The van der Waals surface area contributed by atoms with Gasteiger partial charge in [-0.3, -0.25) is 4.79 Å². The second-order valence-electron chi connectivity index (χ2n) is 6.79. The van der Waals surface area contributed by atoms with E-state index in [1.807, 2.05) is 12.1 Å². The van der Waals surface area contributed by atoms with E-state index in [-0.39, 0.29) is 5.91 Å². The first kappa shape index (κ1) is 15.8. The molecule has 0 radical (unpaired) electrons. The molecule has 120 valence electrons. The fraction of sp³-hybridized carbons (Fsp3) is 0.381. The van der Waals surface area contributed by atoms with E-state index in [0.717, 1.165) is 11.6 Å². The van der Waals surface area contributed by atoms with Crippen LogP contribution in [0.1, 0.15) is 55.2 Å². The second-order valence-corrected chi connectivity index (χ2v) is 6.79. The first-order chi connectivity index (χ1) is 11.1. The predicted octanol–water partition coefficient (Wildman–Crippen LogP) is 5.28. The molecule has 0 bridgehead atoms. The molecule has 0 aromatic heterocycles. The Labute approximate surface area is 138 Å². The van der Waals surface area contributed by atoms with Crippen molar-refractivity contribution in [3.63, 3.8) is 0 Å². The van der Waals surface area contributed by atoms with Gasteiger partial charge in [-0.2, -0.15) is 0 Å². The fourth-order valence-corrected chi connectivity index (χ4v) is 3.22. The number of hydrogen-bond donors (Lipinski definition) is 1. The Morgan fingerprint density at radius 1 is 1.13 bits per heavy atom. The molecule has 1 saturated carbocycles. The van der Waals surface area contributed by atoms with Gasteiger partial charge in [-0.05, 0) is 48.9 Å². The SMILES string of the molecule is CC(=O)Nc1ccc(C(CCC2CC2)c2cccc(C)c2)cc1. The molecule has 0 aliphatic heterocycles. The third-order valence-corrected chi connectivity index (χ3v) is 4.64. The van der Waals surface area contributed by atoms with Gasteiger partial charge in [-0.25, -0.2) is 0 Å². The summed E-state index contributed by atoms with van der Waals surface area (Å²) in [5.41, 5.74) is 4.92. The van der Waals surface area contributed by atoms with Crippen molar-refractivity contribution in [3.8, 4) is 0 Å². The zero-order chi connectivity index (χ0) is 16.2. The van der Waals surface area contributed by atoms with E-state index in [1.165, 1.54) is 42.4 Å². The second kappa shape index (κ2) is 6.99. The summed E-state index contributed by atoms with van der Waals surface area (Å²) < 4.78 is 0. The van der Waals surface area contributed by atoms with Crippen molar-refractivity contribution in [2.75, 3.05) is 5.32 Å². The van der Waals surface area contributed by atoms with Crippen LogP contribution in [0, 0.1) is 12.8 Å². The lowest BCUT2D eigenvalue weighted by Gasteiger charge is -2.19. The van der Waals surface area contributed by atoms with Gasteiger partial charge in [-0.15, -0.1) is 0 Å². The van der Waals surface area contributed by atoms with Crippen molar-refractivity contribution in [3.05, 3.63) is 65.2 Å². The molecule has 1 aliphatic carbocycles. The molecule has 1 amide bonds. The van der Waals surface area contributed by atoms with Gasteiger partial charge in [0.15, 0.2) is 0 Å². The van der Waals surface area contributed by atoms with Crippen molar-refractivity contribution < 1.29 is 4.79 Å². The number of benzene rings is 2. The molecule has 23 heavy (non-hydrogen) atoms. The maximum absolute atomic E-state index is 11.2. The van der Waals surface area contributed by atoms with Crippen LogP contribution < -0.4 is 5.32 Å². The lowest BCUT2D eigenvalue weighted by atomic mass is 9.86. The summed E-state index contributed by atoms with van der Waals surface area (Å²) in [5, 5.41) is 2.84. The predicted molar refractivity (Wildman–Crippen MR) is 95.7 cm³/mol. The summed E-state index contributed by atoms with van der Waals surface area (Å²) in [6.45, 7) is 3.69. The first-order valence-corrected chi connectivity index (χ1v) is 8.56. The standard InChI is InChI=1S/C21H25NO/c1-15-4-3-5-19(14-15)21(13-8-17-6-7-17)18-9-11-20(12-10-18)22-16(2)23/h3-5,9-12,14,17,21H,6-8,13H2,1-2H3,(H,22,23). The van der Waals surface area contributed by atoms with Crippen molar-refractivity contribution in [2.24, 2.45) is 5.92 Å². The lowest BCUT2D eigenvalue weighted by Crippen LogP contribution is -2.06. The number of amides is 1. The number of carbonyl (C=O) groups excluding carboxylic acids is 1. The van der Waals surface area contributed by atoms with Gasteiger partial charge < -0.3 is 5.32 Å². The van der Waals surface area contributed by atoms with Gasteiger partial charge in [0, 0.05) is 18.5 Å². The Kier molecular flexibility index (Phi) is 4.80. The van der Waals surface area contributed by atoms with Crippen LogP contribution in [0.2, 0.25) is 0 Å². The van der Waals surface area contributed by atoms with Gasteiger partial charge in [0.2, 0.25) is 5.91 Å². The summed E-state index contributed by atoms with van der Waals surface area (Å²) in [5.74, 6) is 1.37. The maximum Gasteiger partial charge on any atom is 0.221 e. The molecule has 3 rings (SSSR count). The van der Waals surface area contributed by atoms with Crippen LogP contribution in [0.5, 0.6) is 0 Å². The van der Waals surface area contributed by atoms with E-state index in [4.69, 9.17) is 0 Å². The highest BCUT2D eigenvalue weighted by Gasteiger charge is 2.24. The minimum atomic E-state index is -0.0262. The van der Waals surface area contributed by atoms with Gasteiger partial charge in [0.1, 0.15) is 0 Å². The van der Waals surface area contributed by atoms with Crippen LogP contribution >= 0.6 is 0 Å². The van der Waals surface area contributed by atoms with Gasteiger partial charge in [-0.1, -0.05) is 54.8 Å². The highest BCUT2D eigenvalue weighted by molar-refractivity contribution is 5.88. The molecular weight excluding hydrogens is 282 g/mol. The Balaban J connectivity index is 1.82. The van der Waals surface area contributed by atoms with Gasteiger partial charge >= 0.3 is 0 Å². The average Bonchev–Trinajstić information content (AvgIpc) is 3.33. The molecule has 2 nitrogen and oxygen atoms in total. The highest BCUT2D eigenvalue weighted by Crippen LogP contribution is 2.39. The third kappa shape index (κ3) is 4.44. The number of rotatable bonds is 6. The molecule has 1 unspecified atom stereocenters. The largest absolute Gasteiger partial charge is 0.326 e. The molecule has 2 aromatic rings. The summed E-state index contributed by atoms with van der Waals surface area (Å²) >= 11 is 0. The fourth-order valence-electron chi connectivity index (χ4n) is 3.22. The summed E-state index contributed by atoms with van der Waals surface area (Å²) in [7, 11) is 0. The minimum absolute atomic E-state index is 0.0262. The molecule has 2 aromatic carbocycles. The Bertz CT molecular complexity index is 670. The zero-order valence-electron chi connectivity index (χ0n) is 14.0. The van der Waals surface area contributed by atoms with Crippen LogP contribution in [0.15, 0.2) is 48.5 Å². The van der Waals surface area contributed by atoms with E-state index < -0.39 is 0 Å². The molecule has 1 N–H and O–H groups in total. The number of aryl methyl sites for hydroxylation is 1. The van der Waals surface area contributed by atoms with Gasteiger partial charge in [0.05, 0.1) is 0 Å². The number of anilines is 1. The highest BCUT2D eigenvalue weighted by atomic mass is 16.1. The minimum Gasteiger partial charge on any atom is -0.326 e. The van der Waals surface area contributed by atoms with Crippen LogP contribution in [0.25, 0.3) is 0 Å². The summed E-state index contributed by atoms with van der Waals surface area (Å²) in [4.78, 5) is 11.2. The van der Waals surface area contributed by atoms with Crippen molar-refractivity contribution in [1.29, 1.82) is 0 Å².